The van der Waals surface area contributed by atoms with Crippen LogP contribution in [0.15, 0.2) is 77.7 Å². The number of carboxylic acid groups (broad SMARTS) is 1. The Morgan fingerprint density at radius 2 is 1.67 bits per heavy atom. The maximum absolute atomic E-state index is 13.8. The Labute approximate surface area is 205 Å². The van der Waals surface area contributed by atoms with Crippen LogP contribution in [-0.4, -0.2) is 23.5 Å². The molecule has 0 saturated heterocycles. The van der Waals surface area contributed by atoms with Crippen molar-refractivity contribution in [1.29, 1.82) is 0 Å². The van der Waals surface area contributed by atoms with Gasteiger partial charge in [-0.25, -0.2) is 17.2 Å². The first-order chi connectivity index (χ1) is 17.0. The molecule has 1 heterocycles. The average molecular weight is 514 g/mol. The van der Waals surface area contributed by atoms with Crippen LogP contribution in [-0.2, 0) is 29.0 Å². The number of alkyl halides is 3. The third-order valence-corrected chi connectivity index (χ3v) is 8.23. The standard InChI is InChI=1S/C27H22F3NO4S/c28-27(29,30)22-11-13-25-21(14-22)15-23(12-6-17-4-7-19(8-5-17)26(32)33)31(25)36(34,35)24-3-1-2-20(16-24)18-9-10-18/h1-5,7-8,11,13-16,18H,6,9-10,12H2,(H,32,33). The summed E-state index contributed by atoms with van der Waals surface area (Å²) in [6, 6.07) is 17.5. The fraction of sp³-hybridized carbons (Fsp3) is 0.222. The zero-order valence-electron chi connectivity index (χ0n) is 19.0. The van der Waals surface area contributed by atoms with Crippen molar-refractivity contribution < 1.29 is 31.5 Å². The van der Waals surface area contributed by atoms with Crippen LogP contribution < -0.4 is 0 Å². The molecule has 4 aromatic rings. The smallest absolute Gasteiger partial charge is 0.416 e. The highest BCUT2D eigenvalue weighted by Gasteiger charge is 2.32. The number of hydrogen-bond acceptors (Lipinski definition) is 3. The Morgan fingerprint density at radius 1 is 0.944 bits per heavy atom. The van der Waals surface area contributed by atoms with Crippen LogP contribution >= 0.6 is 0 Å². The second-order valence-corrected chi connectivity index (χ2v) is 10.8. The molecule has 186 valence electrons. The molecule has 0 atom stereocenters. The molecule has 1 aliphatic rings. The van der Waals surface area contributed by atoms with Crippen LogP contribution in [0.4, 0.5) is 13.2 Å². The summed E-state index contributed by atoms with van der Waals surface area (Å²) in [4.78, 5) is 11.2. The van der Waals surface area contributed by atoms with Crippen molar-refractivity contribution in [2.24, 2.45) is 0 Å². The Bertz CT molecular complexity index is 1570. The molecular formula is C27H22F3NO4S. The Kier molecular flexibility index (Phi) is 5.90. The predicted molar refractivity (Wildman–Crippen MR) is 129 cm³/mol. The number of carbonyl (C=O) groups is 1. The second-order valence-electron chi connectivity index (χ2n) is 9.03. The van der Waals surface area contributed by atoms with E-state index >= 15 is 0 Å². The Balaban J connectivity index is 1.58. The number of aromatic nitrogens is 1. The van der Waals surface area contributed by atoms with Crippen molar-refractivity contribution in [3.8, 4) is 0 Å². The SMILES string of the molecule is O=C(O)c1ccc(CCc2cc3cc(C(F)(F)F)ccc3n2S(=O)(=O)c2cccc(C3CC3)c2)cc1. The van der Waals surface area contributed by atoms with Crippen molar-refractivity contribution in [2.75, 3.05) is 0 Å². The average Bonchev–Trinajstić information content (AvgIpc) is 3.62. The van der Waals surface area contributed by atoms with Crippen molar-refractivity contribution in [1.82, 2.24) is 3.97 Å². The molecule has 0 spiro atoms. The van der Waals surface area contributed by atoms with Crippen LogP contribution in [0.3, 0.4) is 0 Å². The fourth-order valence-electron chi connectivity index (χ4n) is 4.42. The van der Waals surface area contributed by atoms with E-state index in [0.717, 1.165) is 40.1 Å². The molecule has 0 bridgehead atoms. The highest BCUT2D eigenvalue weighted by atomic mass is 32.2. The molecule has 5 rings (SSSR count). The largest absolute Gasteiger partial charge is 0.478 e. The zero-order valence-corrected chi connectivity index (χ0v) is 19.8. The van der Waals surface area contributed by atoms with Gasteiger partial charge in [0.15, 0.2) is 0 Å². The van der Waals surface area contributed by atoms with Gasteiger partial charge in [-0.3, -0.25) is 0 Å². The van der Waals surface area contributed by atoms with E-state index in [9.17, 15) is 26.4 Å². The van der Waals surface area contributed by atoms with Gasteiger partial charge >= 0.3 is 12.1 Å². The lowest BCUT2D eigenvalue weighted by Gasteiger charge is -2.14. The number of rotatable bonds is 7. The lowest BCUT2D eigenvalue weighted by molar-refractivity contribution is -0.137. The monoisotopic (exact) mass is 513 g/mol. The number of halogens is 3. The molecule has 5 nitrogen and oxygen atoms in total. The number of aromatic carboxylic acids is 1. The number of carboxylic acids is 1. The lowest BCUT2D eigenvalue weighted by atomic mass is 10.1. The van der Waals surface area contributed by atoms with E-state index in [1.54, 1.807) is 24.3 Å². The predicted octanol–water partition coefficient (Wildman–Crippen LogP) is 6.26. The first kappa shape index (κ1) is 24.1. The van der Waals surface area contributed by atoms with E-state index < -0.39 is 27.7 Å². The molecule has 1 N–H and O–H groups in total. The van der Waals surface area contributed by atoms with Crippen LogP contribution in [0.5, 0.6) is 0 Å². The lowest BCUT2D eigenvalue weighted by Crippen LogP contribution is -2.16. The minimum Gasteiger partial charge on any atom is -0.478 e. The molecule has 1 saturated carbocycles. The summed E-state index contributed by atoms with van der Waals surface area (Å²) in [6.45, 7) is 0. The van der Waals surface area contributed by atoms with Crippen LogP contribution in [0.1, 0.15) is 51.5 Å². The zero-order chi connectivity index (χ0) is 25.7. The minimum absolute atomic E-state index is 0.0939. The van der Waals surface area contributed by atoms with Crippen molar-refractivity contribution in [3.05, 3.63) is 101 Å². The molecule has 1 aromatic heterocycles. The van der Waals surface area contributed by atoms with Crippen molar-refractivity contribution in [3.63, 3.8) is 0 Å². The van der Waals surface area contributed by atoms with Gasteiger partial charge in [-0.15, -0.1) is 0 Å². The summed E-state index contributed by atoms with van der Waals surface area (Å²) >= 11 is 0. The van der Waals surface area contributed by atoms with Gasteiger partial charge in [-0.05, 0) is 91.3 Å². The maximum Gasteiger partial charge on any atom is 0.416 e. The van der Waals surface area contributed by atoms with Gasteiger partial charge in [-0.1, -0.05) is 24.3 Å². The van der Waals surface area contributed by atoms with Crippen molar-refractivity contribution in [2.45, 2.75) is 42.7 Å². The van der Waals surface area contributed by atoms with Gasteiger partial charge in [0.1, 0.15) is 0 Å². The highest BCUT2D eigenvalue weighted by molar-refractivity contribution is 7.90. The van der Waals surface area contributed by atoms with Crippen LogP contribution in [0.25, 0.3) is 10.9 Å². The first-order valence-electron chi connectivity index (χ1n) is 11.4. The van der Waals surface area contributed by atoms with Crippen molar-refractivity contribution >= 4 is 26.9 Å². The molecule has 9 heteroatoms. The van der Waals surface area contributed by atoms with E-state index in [0.29, 0.717) is 18.0 Å². The Hall–Kier alpha value is -3.59. The van der Waals surface area contributed by atoms with Gasteiger partial charge in [0.25, 0.3) is 10.0 Å². The number of benzene rings is 3. The molecule has 3 aromatic carbocycles. The molecule has 0 unspecified atom stereocenters. The fourth-order valence-corrected chi connectivity index (χ4v) is 6.04. The van der Waals surface area contributed by atoms with E-state index in [1.165, 1.54) is 30.3 Å². The van der Waals surface area contributed by atoms with E-state index in [2.05, 4.69) is 0 Å². The summed E-state index contributed by atoms with van der Waals surface area (Å²) in [6.07, 6.45) is -1.95. The third-order valence-electron chi connectivity index (χ3n) is 6.47. The second kappa shape index (κ2) is 8.81. The summed E-state index contributed by atoms with van der Waals surface area (Å²) in [5.74, 6) is -0.717. The normalized spacial score (nSPS) is 14.3. The van der Waals surface area contributed by atoms with E-state index in [-0.39, 0.29) is 27.8 Å². The van der Waals surface area contributed by atoms with E-state index in [4.69, 9.17) is 5.11 Å². The topological polar surface area (TPSA) is 76.4 Å². The van der Waals surface area contributed by atoms with Gasteiger partial charge in [0.05, 0.1) is 21.5 Å². The molecule has 1 fully saturated rings. The number of nitrogens with zero attached hydrogens (tertiary/aromatic N) is 1. The van der Waals surface area contributed by atoms with Crippen LogP contribution in [0, 0.1) is 0 Å². The summed E-state index contributed by atoms with van der Waals surface area (Å²) in [5, 5.41) is 9.27. The molecule has 1 aliphatic carbocycles. The Morgan fingerprint density at radius 3 is 2.31 bits per heavy atom. The van der Waals surface area contributed by atoms with E-state index in [1.807, 2.05) is 6.07 Å². The molecule has 36 heavy (non-hydrogen) atoms. The molecule has 0 radical (unpaired) electrons. The number of aryl methyl sites for hydroxylation is 2. The summed E-state index contributed by atoms with van der Waals surface area (Å²) in [5.41, 5.74) is 1.52. The highest BCUT2D eigenvalue weighted by Crippen LogP contribution is 2.41. The first-order valence-corrected chi connectivity index (χ1v) is 12.9. The summed E-state index contributed by atoms with van der Waals surface area (Å²) < 4.78 is 68.8. The number of hydrogen-bond donors (Lipinski definition) is 1. The third kappa shape index (κ3) is 4.63. The van der Waals surface area contributed by atoms with Gasteiger partial charge in [0.2, 0.25) is 0 Å². The quantitative estimate of drug-likeness (QED) is 0.317. The van der Waals surface area contributed by atoms with Gasteiger partial charge in [0, 0.05) is 11.1 Å². The van der Waals surface area contributed by atoms with Crippen LogP contribution in [0.2, 0.25) is 0 Å². The molecular weight excluding hydrogens is 491 g/mol. The number of fused-ring (bicyclic) bond motifs is 1. The molecule has 0 amide bonds. The van der Waals surface area contributed by atoms with Gasteiger partial charge in [-0.2, -0.15) is 13.2 Å². The summed E-state index contributed by atoms with van der Waals surface area (Å²) in [7, 11) is -4.09. The molecule has 0 aliphatic heterocycles. The maximum atomic E-state index is 13.8. The minimum atomic E-state index is -4.56. The van der Waals surface area contributed by atoms with Gasteiger partial charge < -0.3 is 5.11 Å².